The van der Waals surface area contributed by atoms with Crippen LogP contribution in [0.2, 0.25) is 0 Å². The van der Waals surface area contributed by atoms with E-state index in [2.05, 4.69) is 4.98 Å². The van der Waals surface area contributed by atoms with E-state index >= 15 is 0 Å². The van der Waals surface area contributed by atoms with Crippen molar-refractivity contribution in [2.45, 2.75) is 38.6 Å². The maximum atomic E-state index is 12.5. The van der Waals surface area contributed by atoms with Crippen LogP contribution < -0.4 is 5.73 Å². The molecule has 0 unspecified atom stereocenters. The number of aromatic nitrogens is 1. The van der Waals surface area contributed by atoms with Crippen molar-refractivity contribution in [2.24, 2.45) is 0 Å². The van der Waals surface area contributed by atoms with E-state index in [1.807, 2.05) is 6.92 Å². The van der Waals surface area contributed by atoms with Crippen LogP contribution in [0.1, 0.15) is 41.7 Å². The van der Waals surface area contributed by atoms with Gasteiger partial charge in [0.15, 0.2) is 0 Å². The summed E-state index contributed by atoms with van der Waals surface area (Å²) < 4.78 is 0. The Morgan fingerprint density at radius 2 is 2.21 bits per heavy atom. The van der Waals surface area contributed by atoms with E-state index in [0.29, 0.717) is 17.8 Å². The summed E-state index contributed by atoms with van der Waals surface area (Å²) in [6, 6.07) is 1.93. The molecule has 1 aromatic rings. The lowest BCUT2D eigenvalue weighted by Gasteiger charge is -2.28. The van der Waals surface area contributed by atoms with Crippen LogP contribution in [0.5, 0.6) is 0 Å². The van der Waals surface area contributed by atoms with Crippen LogP contribution in [0.25, 0.3) is 0 Å². The number of rotatable bonds is 4. The number of carbonyl (C=O) groups excluding carboxylic acids is 1. The fraction of sp³-hybridized carbons (Fsp3) is 0.571. The highest BCUT2D eigenvalue weighted by molar-refractivity contribution is 5.99. The first kappa shape index (κ1) is 13.8. The van der Waals surface area contributed by atoms with Gasteiger partial charge in [0.05, 0.1) is 12.2 Å². The normalized spacial score (nSPS) is 15.7. The highest BCUT2D eigenvalue weighted by atomic mass is 16.3. The van der Waals surface area contributed by atoms with Gasteiger partial charge in [-0.25, -0.2) is 0 Å². The number of aliphatic hydroxyl groups is 1. The molecule has 1 aliphatic rings. The Labute approximate surface area is 113 Å². The van der Waals surface area contributed by atoms with Gasteiger partial charge in [-0.15, -0.1) is 0 Å². The second kappa shape index (κ2) is 6.02. The van der Waals surface area contributed by atoms with Crippen LogP contribution in [0.3, 0.4) is 0 Å². The molecule has 0 atom stereocenters. The Hall–Kier alpha value is -1.62. The monoisotopic (exact) mass is 263 g/mol. The number of carbonyl (C=O) groups is 1. The smallest absolute Gasteiger partial charge is 0.257 e. The van der Waals surface area contributed by atoms with Crippen molar-refractivity contribution in [3.05, 3.63) is 23.5 Å². The zero-order chi connectivity index (χ0) is 13.8. The average Bonchev–Trinajstić information content (AvgIpc) is 2.89. The summed E-state index contributed by atoms with van der Waals surface area (Å²) in [5.74, 6) is -0.119. The fourth-order valence-corrected chi connectivity index (χ4v) is 2.69. The molecular weight excluding hydrogens is 242 g/mol. The van der Waals surface area contributed by atoms with Gasteiger partial charge < -0.3 is 15.7 Å². The summed E-state index contributed by atoms with van der Waals surface area (Å²) >= 11 is 0. The van der Waals surface area contributed by atoms with Crippen LogP contribution in [0.15, 0.2) is 12.3 Å². The maximum absolute atomic E-state index is 12.5. The summed E-state index contributed by atoms with van der Waals surface area (Å²) in [7, 11) is 0. The summed E-state index contributed by atoms with van der Waals surface area (Å²) in [6.45, 7) is 2.17. The number of aryl methyl sites for hydroxylation is 1. The SMILES string of the molecule is Cc1cc(N)c(C(=O)N(CCO)C2CCCC2)cn1. The zero-order valence-corrected chi connectivity index (χ0v) is 11.3. The van der Waals surface area contributed by atoms with E-state index in [-0.39, 0.29) is 18.6 Å². The number of hydrogen-bond donors (Lipinski definition) is 2. The van der Waals surface area contributed by atoms with Gasteiger partial charge in [-0.1, -0.05) is 12.8 Å². The van der Waals surface area contributed by atoms with Crippen molar-refractivity contribution in [1.29, 1.82) is 0 Å². The Bertz CT molecular complexity index is 456. The first-order valence-corrected chi connectivity index (χ1v) is 6.77. The van der Waals surface area contributed by atoms with Crippen molar-refractivity contribution >= 4 is 11.6 Å². The molecule has 19 heavy (non-hydrogen) atoms. The molecule has 104 valence electrons. The molecular formula is C14H21N3O2. The third-order valence-corrected chi connectivity index (χ3v) is 3.67. The topological polar surface area (TPSA) is 79.5 Å². The number of nitrogens with two attached hydrogens (primary N) is 1. The molecule has 0 radical (unpaired) electrons. The minimum atomic E-state index is -0.119. The molecule has 1 amide bonds. The number of pyridine rings is 1. The van der Waals surface area contributed by atoms with E-state index in [1.54, 1.807) is 11.0 Å². The van der Waals surface area contributed by atoms with Crippen molar-refractivity contribution in [1.82, 2.24) is 9.88 Å². The Morgan fingerprint density at radius 1 is 1.53 bits per heavy atom. The second-order valence-electron chi connectivity index (χ2n) is 5.07. The molecule has 3 N–H and O–H groups in total. The van der Waals surface area contributed by atoms with Crippen molar-refractivity contribution in [3.8, 4) is 0 Å². The third-order valence-electron chi connectivity index (χ3n) is 3.67. The number of hydrogen-bond acceptors (Lipinski definition) is 4. The zero-order valence-electron chi connectivity index (χ0n) is 11.3. The largest absolute Gasteiger partial charge is 0.398 e. The third kappa shape index (κ3) is 3.04. The molecule has 0 bridgehead atoms. The number of amides is 1. The number of anilines is 1. The minimum absolute atomic E-state index is 0.0264. The van der Waals surface area contributed by atoms with Gasteiger partial charge in [0, 0.05) is 30.2 Å². The molecule has 1 aromatic heterocycles. The Balaban J connectivity index is 2.22. The second-order valence-corrected chi connectivity index (χ2v) is 5.07. The van der Waals surface area contributed by atoms with Crippen molar-refractivity contribution < 1.29 is 9.90 Å². The Kier molecular flexibility index (Phi) is 4.37. The van der Waals surface area contributed by atoms with Crippen LogP contribution in [-0.4, -0.2) is 40.1 Å². The minimum Gasteiger partial charge on any atom is -0.398 e. The molecule has 1 fully saturated rings. The summed E-state index contributed by atoms with van der Waals surface area (Å²) in [5.41, 5.74) is 7.59. The molecule has 1 saturated carbocycles. The van der Waals surface area contributed by atoms with E-state index in [9.17, 15) is 4.79 Å². The maximum Gasteiger partial charge on any atom is 0.257 e. The molecule has 0 saturated heterocycles. The summed E-state index contributed by atoms with van der Waals surface area (Å²) in [5, 5.41) is 9.17. The average molecular weight is 263 g/mol. The number of aliphatic hydroxyl groups excluding tert-OH is 1. The first-order chi connectivity index (χ1) is 9.13. The van der Waals surface area contributed by atoms with Crippen LogP contribution >= 0.6 is 0 Å². The van der Waals surface area contributed by atoms with Crippen LogP contribution in [-0.2, 0) is 0 Å². The fourth-order valence-electron chi connectivity index (χ4n) is 2.69. The van der Waals surface area contributed by atoms with Gasteiger partial charge in [-0.05, 0) is 25.8 Å². The van der Waals surface area contributed by atoms with Gasteiger partial charge in [0.25, 0.3) is 5.91 Å². The highest BCUT2D eigenvalue weighted by Crippen LogP contribution is 2.25. The van der Waals surface area contributed by atoms with E-state index in [0.717, 1.165) is 31.4 Å². The molecule has 5 heteroatoms. The predicted molar refractivity (Wildman–Crippen MR) is 73.8 cm³/mol. The molecule has 2 rings (SSSR count). The lowest BCUT2D eigenvalue weighted by molar-refractivity contribution is 0.0638. The van der Waals surface area contributed by atoms with Gasteiger partial charge in [0.1, 0.15) is 0 Å². The quantitative estimate of drug-likeness (QED) is 0.859. The standard InChI is InChI=1S/C14H21N3O2/c1-10-8-13(15)12(9-16-10)14(19)17(6-7-18)11-4-2-3-5-11/h8-9,11,18H,2-7H2,1H3,(H2,15,16). The number of nitrogens with zero attached hydrogens (tertiary/aromatic N) is 2. The summed E-state index contributed by atoms with van der Waals surface area (Å²) in [4.78, 5) is 18.4. The van der Waals surface area contributed by atoms with Crippen LogP contribution in [0, 0.1) is 6.92 Å². The predicted octanol–water partition coefficient (Wildman–Crippen LogP) is 1.35. The van der Waals surface area contributed by atoms with E-state index in [4.69, 9.17) is 10.8 Å². The highest BCUT2D eigenvalue weighted by Gasteiger charge is 2.28. The van der Waals surface area contributed by atoms with Crippen molar-refractivity contribution in [2.75, 3.05) is 18.9 Å². The van der Waals surface area contributed by atoms with E-state index in [1.165, 1.54) is 6.20 Å². The lowest BCUT2D eigenvalue weighted by Crippen LogP contribution is -2.41. The molecule has 5 nitrogen and oxygen atoms in total. The van der Waals surface area contributed by atoms with Crippen LogP contribution in [0.4, 0.5) is 5.69 Å². The van der Waals surface area contributed by atoms with Gasteiger partial charge in [-0.3, -0.25) is 9.78 Å². The van der Waals surface area contributed by atoms with Crippen molar-refractivity contribution in [3.63, 3.8) is 0 Å². The molecule has 0 aromatic carbocycles. The Morgan fingerprint density at radius 3 is 2.79 bits per heavy atom. The molecule has 1 aliphatic carbocycles. The lowest BCUT2D eigenvalue weighted by atomic mass is 10.1. The molecule has 0 aliphatic heterocycles. The van der Waals surface area contributed by atoms with E-state index < -0.39 is 0 Å². The van der Waals surface area contributed by atoms with Gasteiger partial charge in [-0.2, -0.15) is 0 Å². The van der Waals surface area contributed by atoms with Gasteiger partial charge >= 0.3 is 0 Å². The summed E-state index contributed by atoms with van der Waals surface area (Å²) in [6.07, 6.45) is 5.82. The van der Waals surface area contributed by atoms with Gasteiger partial charge in [0.2, 0.25) is 0 Å². The number of nitrogen functional groups attached to an aromatic ring is 1. The molecule has 0 spiro atoms. The molecule has 1 heterocycles. The first-order valence-electron chi connectivity index (χ1n) is 6.77.